The lowest BCUT2D eigenvalue weighted by Gasteiger charge is -2.08. The van der Waals surface area contributed by atoms with Crippen molar-refractivity contribution in [3.05, 3.63) is 30.1 Å². The predicted octanol–water partition coefficient (Wildman–Crippen LogP) is 1.16. The molecule has 0 amide bonds. The van der Waals surface area contributed by atoms with Crippen LogP contribution < -0.4 is 5.32 Å². The number of nitrogens with zero attached hydrogens (tertiary/aromatic N) is 4. The van der Waals surface area contributed by atoms with Gasteiger partial charge in [0.05, 0.1) is 0 Å². The Hall–Kier alpha value is -1.95. The van der Waals surface area contributed by atoms with Gasteiger partial charge in [-0.1, -0.05) is 0 Å². The molecule has 0 bridgehead atoms. The van der Waals surface area contributed by atoms with Crippen LogP contribution in [-0.2, 0) is 11.3 Å². The number of methoxy groups -OCH3 is 1. The van der Waals surface area contributed by atoms with Gasteiger partial charge in [0.25, 0.3) is 0 Å². The monoisotopic (exact) mass is 233 g/mol. The van der Waals surface area contributed by atoms with Crippen LogP contribution >= 0.6 is 0 Å². The molecule has 0 radical (unpaired) electrons. The largest absolute Gasteiger partial charge is 0.377 e. The number of hydrogen-bond donors (Lipinski definition) is 1. The number of aryl methyl sites for hydroxylation is 1. The molecular formula is C11H15N5O. The normalized spacial score (nSPS) is 10.5. The summed E-state index contributed by atoms with van der Waals surface area (Å²) in [6.07, 6.45) is 3.61. The lowest BCUT2D eigenvalue weighted by Crippen LogP contribution is -2.07. The molecule has 0 spiro atoms. The van der Waals surface area contributed by atoms with Crippen molar-refractivity contribution >= 4 is 5.82 Å². The average molecular weight is 233 g/mol. The molecule has 6 nitrogen and oxygen atoms in total. The number of nitrogens with one attached hydrogen (secondary N) is 1. The second-order valence-corrected chi connectivity index (χ2v) is 3.56. The predicted molar refractivity (Wildman–Crippen MR) is 64.2 cm³/mol. The van der Waals surface area contributed by atoms with Gasteiger partial charge in [-0.3, -0.25) is 4.57 Å². The maximum absolute atomic E-state index is 5.05. The van der Waals surface area contributed by atoms with Crippen LogP contribution in [-0.4, -0.2) is 33.7 Å². The second-order valence-electron chi connectivity index (χ2n) is 3.56. The van der Waals surface area contributed by atoms with Crippen LogP contribution in [0.4, 0.5) is 5.82 Å². The molecule has 17 heavy (non-hydrogen) atoms. The zero-order valence-electron chi connectivity index (χ0n) is 10.1. The first-order valence-corrected chi connectivity index (χ1v) is 5.29. The van der Waals surface area contributed by atoms with E-state index in [1.165, 1.54) is 0 Å². The van der Waals surface area contributed by atoms with E-state index in [-0.39, 0.29) is 0 Å². The van der Waals surface area contributed by atoms with E-state index < -0.39 is 0 Å². The van der Waals surface area contributed by atoms with Crippen LogP contribution in [0, 0.1) is 6.92 Å². The van der Waals surface area contributed by atoms with Gasteiger partial charge >= 0.3 is 0 Å². The third-order valence-corrected chi connectivity index (χ3v) is 2.36. The molecule has 2 heterocycles. The molecule has 6 heteroatoms. The van der Waals surface area contributed by atoms with E-state index >= 15 is 0 Å². The summed E-state index contributed by atoms with van der Waals surface area (Å²) in [6, 6.07) is 1.87. The lowest BCUT2D eigenvalue weighted by molar-refractivity contribution is 0.178. The molecule has 2 aromatic heterocycles. The zero-order chi connectivity index (χ0) is 12.3. The van der Waals surface area contributed by atoms with Gasteiger partial charge in [0.2, 0.25) is 0 Å². The number of rotatable bonds is 4. The van der Waals surface area contributed by atoms with Crippen molar-refractivity contribution in [3.63, 3.8) is 0 Å². The lowest BCUT2D eigenvalue weighted by atomic mass is 10.4. The van der Waals surface area contributed by atoms with E-state index in [0.717, 1.165) is 17.5 Å². The van der Waals surface area contributed by atoms with Crippen molar-refractivity contribution in [2.45, 2.75) is 13.5 Å². The minimum atomic E-state index is 0.385. The summed E-state index contributed by atoms with van der Waals surface area (Å²) >= 11 is 0. The van der Waals surface area contributed by atoms with E-state index in [2.05, 4.69) is 20.3 Å². The van der Waals surface area contributed by atoms with Crippen LogP contribution in [0.2, 0.25) is 0 Å². The van der Waals surface area contributed by atoms with Gasteiger partial charge in [0.1, 0.15) is 24.1 Å². The van der Waals surface area contributed by atoms with Gasteiger partial charge in [0, 0.05) is 32.6 Å². The molecule has 0 saturated heterocycles. The molecule has 0 saturated carbocycles. The number of aromatic nitrogens is 4. The topological polar surface area (TPSA) is 64.9 Å². The van der Waals surface area contributed by atoms with Gasteiger partial charge in [-0.25, -0.2) is 15.0 Å². The summed E-state index contributed by atoms with van der Waals surface area (Å²) in [6.45, 7) is 2.31. The molecule has 0 atom stereocenters. The Kier molecular flexibility index (Phi) is 3.34. The summed E-state index contributed by atoms with van der Waals surface area (Å²) in [4.78, 5) is 12.9. The molecule has 90 valence electrons. The van der Waals surface area contributed by atoms with E-state index in [4.69, 9.17) is 4.74 Å². The number of imidazole rings is 1. The Morgan fingerprint density at radius 2 is 2.24 bits per heavy atom. The molecule has 0 unspecified atom stereocenters. The van der Waals surface area contributed by atoms with Crippen molar-refractivity contribution in [2.75, 3.05) is 19.5 Å². The number of anilines is 1. The van der Waals surface area contributed by atoms with E-state index in [1.54, 1.807) is 13.3 Å². The summed E-state index contributed by atoms with van der Waals surface area (Å²) in [5, 5.41) is 3.01. The fraction of sp³-hybridized carbons (Fsp3) is 0.364. The number of ether oxygens (including phenoxy) is 1. The van der Waals surface area contributed by atoms with Crippen molar-refractivity contribution in [2.24, 2.45) is 0 Å². The van der Waals surface area contributed by atoms with Gasteiger partial charge < -0.3 is 10.1 Å². The summed E-state index contributed by atoms with van der Waals surface area (Å²) in [5.41, 5.74) is 0. The first-order chi connectivity index (χ1) is 8.24. The van der Waals surface area contributed by atoms with Gasteiger partial charge in [-0.2, -0.15) is 0 Å². The van der Waals surface area contributed by atoms with Gasteiger partial charge in [-0.05, 0) is 6.92 Å². The molecule has 1 N–H and O–H groups in total. The van der Waals surface area contributed by atoms with Crippen LogP contribution in [0.25, 0.3) is 5.82 Å². The van der Waals surface area contributed by atoms with Crippen molar-refractivity contribution < 1.29 is 4.74 Å². The van der Waals surface area contributed by atoms with Crippen LogP contribution in [0.3, 0.4) is 0 Å². The van der Waals surface area contributed by atoms with E-state index in [9.17, 15) is 0 Å². The first-order valence-electron chi connectivity index (χ1n) is 5.29. The Morgan fingerprint density at radius 1 is 1.41 bits per heavy atom. The first kappa shape index (κ1) is 11.5. The highest BCUT2D eigenvalue weighted by Crippen LogP contribution is 2.12. The zero-order valence-corrected chi connectivity index (χ0v) is 10.1. The van der Waals surface area contributed by atoms with Crippen molar-refractivity contribution in [1.82, 2.24) is 19.5 Å². The Labute approximate surface area is 99.7 Å². The third-order valence-electron chi connectivity index (χ3n) is 2.36. The fourth-order valence-electron chi connectivity index (χ4n) is 1.55. The minimum absolute atomic E-state index is 0.385. The molecule has 2 aromatic rings. The molecule has 0 fully saturated rings. The van der Waals surface area contributed by atoms with Crippen molar-refractivity contribution in [3.8, 4) is 5.82 Å². The molecule has 2 rings (SSSR count). The molecule has 0 aliphatic heterocycles. The minimum Gasteiger partial charge on any atom is -0.377 e. The highest BCUT2D eigenvalue weighted by molar-refractivity contribution is 5.41. The van der Waals surface area contributed by atoms with Gasteiger partial charge in [0.15, 0.2) is 5.82 Å². The summed E-state index contributed by atoms with van der Waals surface area (Å²) in [7, 11) is 3.45. The highest BCUT2D eigenvalue weighted by atomic mass is 16.5. The number of hydrogen-bond acceptors (Lipinski definition) is 5. The summed E-state index contributed by atoms with van der Waals surface area (Å²) in [5.74, 6) is 3.07. The second kappa shape index (κ2) is 4.92. The Bertz CT molecular complexity index is 508. The standard InChI is InChI=1S/C11H15N5O/c1-8-13-4-5-16(8)11-6-9(12-2)14-10(15-11)7-17-3/h4-6H,7H2,1-3H3,(H,12,14,15). The SMILES string of the molecule is CNc1cc(-n2ccnc2C)nc(COC)n1. The van der Waals surface area contributed by atoms with E-state index in [0.29, 0.717) is 12.4 Å². The van der Waals surface area contributed by atoms with Crippen molar-refractivity contribution in [1.29, 1.82) is 0 Å². The van der Waals surface area contributed by atoms with Crippen LogP contribution in [0.15, 0.2) is 18.5 Å². The van der Waals surface area contributed by atoms with E-state index in [1.807, 2.05) is 30.8 Å². The average Bonchev–Trinajstić information content (AvgIpc) is 2.75. The summed E-state index contributed by atoms with van der Waals surface area (Å²) < 4.78 is 6.96. The van der Waals surface area contributed by atoms with Crippen LogP contribution in [0.5, 0.6) is 0 Å². The molecule has 0 aliphatic carbocycles. The Balaban J connectivity index is 2.46. The Morgan fingerprint density at radius 3 is 2.82 bits per heavy atom. The fourth-order valence-corrected chi connectivity index (χ4v) is 1.55. The van der Waals surface area contributed by atoms with Gasteiger partial charge in [-0.15, -0.1) is 0 Å². The maximum Gasteiger partial charge on any atom is 0.158 e. The highest BCUT2D eigenvalue weighted by Gasteiger charge is 2.07. The molecular weight excluding hydrogens is 218 g/mol. The molecule has 0 aliphatic rings. The maximum atomic E-state index is 5.05. The third kappa shape index (κ3) is 2.42. The molecule has 0 aromatic carbocycles. The smallest absolute Gasteiger partial charge is 0.158 e. The van der Waals surface area contributed by atoms with Crippen LogP contribution in [0.1, 0.15) is 11.6 Å². The quantitative estimate of drug-likeness (QED) is 0.858.